The topological polar surface area (TPSA) is 21.3 Å². The summed E-state index contributed by atoms with van der Waals surface area (Å²) in [6.45, 7) is 2.25. The van der Waals surface area contributed by atoms with Gasteiger partial charge in [0.15, 0.2) is 0 Å². The fourth-order valence-electron chi connectivity index (χ4n) is 2.81. The van der Waals surface area contributed by atoms with Crippen LogP contribution in [-0.4, -0.2) is 13.2 Å². The van der Waals surface area contributed by atoms with E-state index in [-0.39, 0.29) is 0 Å². The molecule has 0 unspecified atom stereocenters. The minimum absolute atomic E-state index is 0.406. The van der Waals surface area contributed by atoms with Gasteiger partial charge in [0.1, 0.15) is 5.75 Å². The molecule has 1 N–H and O–H groups in total. The predicted octanol–water partition coefficient (Wildman–Crippen LogP) is 4.07. The third-order valence-electron chi connectivity index (χ3n) is 3.93. The lowest BCUT2D eigenvalue weighted by atomic mass is 10.0. The Kier molecular flexibility index (Phi) is 5.06. The zero-order valence-electron chi connectivity index (χ0n) is 11.6. The Labute approximate surface area is 111 Å². The van der Waals surface area contributed by atoms with Crippen molar-refractivity contribution in [1.29, 1.82) is 0 Å². The van der Waals surface area contributed by atoms with Gasteiger partial charge in [0.25, 0.3) is 0 Å². The minimum Gasteiger partial charge on any atom is -0.497 e. The van der Waals surface area contributed by atoms with Crippen molar-refractivity contribution in [1.82, 2.24) is 5.32 Å². The van der Waals surface area contributed by atoms with Gasteiger partial charge in [-0.3, -0.25) is 0 Å². The summed E-state index contributed by atoms with van der Waals surface area (Å²) >= 11 is 0. The van der Waals surface area contributed by atoms with Crippen molar-refractivity contribution in [2.24, 2.45) is 0 Å². The first-order valence-electron chi connectivity index (χ1n) is 7.19. The molecule has 1 aromatic rings. The van der Waals surface area contributed by atoms with E-state index in [1.165, 1.54) is 44.1 Å². The molecule has 0 heterocycles. The molecule has 0 spiro atoms. The molecule has 0 aromatic heterocycles. The average molecular weight is 247 g/mol. The van der Waals surface area contributed by atoms with Crippen molar-refractivity contribution in [2.45, 2.75) is 57.5 Å². The van der Waals surface area contributed by atoms with E-state index in [9.17, 15) is 0 Å². The van der Waals surface area contributed by atoms with Gasteiger partial charge >= 0.3 is 0 Å². The minimum atomic E-state index is 0.406. The van der Waals surface area contributed by atoms with Gasteiger partial charge < -0.3 is 10.1 Å². The summed E-state index contributed by atoms with van der Waals surface area (Å²) in [5.41, 5.74) is 1.32. The van der Waals surface area contributed by atoms with Gasteiger partial charge in [0.2, 0.25) is 0 Å². The molecular weight excluding hydrogens is 222 g/mol. The lowest BCUT2D eigenvalue weighted by molar-refractivity contribution is 0.403. The van der Waals surface area contributed by atoms with Gasteiger partial charge in [0.05, 0.1) is 7.11 Å². The first-order chi connectivity index (χ1) is 8.79. The van der Waals surface area contributed by atoms with E-state index in [0.717, 1.165) is 5.75 Å². The van der Waals surface area contributed by atoms with Crippen LogP contribution in [0.3, 0.4) is 0 Å². The molecule has 1 aliphatic rings. The molecule has 0 saturated heterocycles. The van der Waals surface area contributed by atoms with Crippen molar-refractivity contribution in [3.05, 3.63) is 29.8 Å². The van der Waals surface area contributed by atoms with Crippen LogP contribution in [0.2, 0.25) is 0 Å². The van der Waals surface area contributed by atoms with Crippen molar-refractivity contribution >= 4 is 0 Å². The summed E-state index contributed by atoms with van der Waals surface area (Å²) in [6, 6.07) is 9.48. The molecule has 1 saturated carbocycles. The summed E-state index contributed by atoms with van der Waals surface area (Å²) in [5.74, 6) is 0.946. The molecule has 0 radical (unpaired) electrons. The van der Waals surface area contributed by atoms with Crippen LogP contribution in [0.4, 0.5) is 0 Å². The van der Waals surface area contributed by atoms with Crippen molar-refractivity contribution in [2.75, 3.05) is 7.11 Å². The average Bonchev–Trinajstić information content (AvgIpc) is 2.67. The molecule has 2 rings (SSSR count). The Balaban J connectivity index is 1.95. The highest BCUT2D eigenvalue weighted by molar-refractivity contribution is 5.30. The molecule has 1 atom stereocenters. The summed E-state index contributed by atoms with van der Waals surface area (Å²) in [5, 5.41) is 3.77. The zero-order valence-corrected chi connectivity index (χ0v) is 11.6. The maximum Gasteiger partial charge on any atom is 0.119 e. The molecular formula is C16H25NO. The molecule has 1 aliphatic carbocycles. The van der Waals surface area contributed by atoms with Crippen molar-refractivity contribution in [3.8, 4) is 5.75 Å². The normalized spacial score (nSPS) is 19.2. The molecule has 1 aromatic carbocycles. The Bertz CT molecular complexity index is 356. The molecule has 0 aliphatic heterocycles. The second kappa shape index (κ2) is 6.79. The van der Waals surface area contributed by atoms with Crippen LogP contribution < -0.4 is 10.1 Å². The molecule has 0 bridgehead atoms. The van der Waals surface area contributed by atoms with E-state index in [1.807, 2.05) is 6.07 Å². The highest BCUT2D eigenvalue weighted by Crippen LogP contribution is 2.23. The number of hydrogen-bond acceptors (Lipinski definition) is 2. The van der Waals surface area contributed by atoms with Gasteiger partial charge in [-0.2, -0.15) is 0 Å². The number of hydrogen-bond donors (Lipinski definition) is 1. The summed E-state index contributed by atoms with van der Waals surface area (Å²) in [6.07, 6.45) is 8.23. The Hall–Kier alpha value is -1.02. The van der Waals surface area contributed by atoms with E-state index in [1.54, 1.807) is 7.11 Å². The van der Waals surface area contributed by atoms with E-state index in [0.29, 0.717) is 12.1 Å². The lowest BCUT2D eigenvalue weighted by Crippen LogP contribution is -2.31. The Morgan fingerprint density at radius 3 is 2.56 bits per heavy atom. The zero-order chi connectivity index (χ0) is 12.8. The Morgan fingerprint density at radius 1 is 1.17 bits per heavy atom. The SMILES string of the molecule is COc1cccc([C@H](C)NC2CCCCCC2)c1. The first-order valence-corrected chi connectivity index (χ1v) is 7.19. The summed E-state index contributed by atoms with van der Waals surface area (Å²) in [4.78, 5) is 0. The van der Waals surface area contributed by atoms with Crippen LogP contribution in [0.15, 0.2) is 24.3 Å². The highest BCUT2D eigenvalue weighted by atomic mass is 16.5. The van der Waals surface area contributed by atoms with Crippen LogP contribution in [0, 0.1) is 0 Å². The van der Waals surface area contributed by atoms with Crippen LogP contribution in [0.25, 0.3) is 0 Å². The summed E-state index contributed by atoms with van der Waals surface area (Å²) in [7, 11) is 1.72. The molecule has 2 heteroatoms. The fraction of sp³-hybridized carbons (Fsp3) is 0.625. The largest absolute Gasteiger partial charge is 0.497 e. The standard InChI is InChI=1S/C16H25NO/c1-13(14-8-7-11-16(12-14)18-2)17-15-9-5-3-4-6-10-15/h7-8,11-13,15,17H,3-6,9-10H2,1-2H3/t13-/m0/s1. The number of methoxy groups -OCH3 is 1. The second-order valence-corrected chi connectivity index (χ2v) is 5.35. The Morgan fingerprint density at radius 2 is 1.89 bits per heavy atom. The number of ether oxygens (including phenoxy) is 1. The van der Waals surface area contributed by atoms with Crippen LogP contribution >= 0.6 is 0 Å². The van der Waals surface area contributed by atoms with Gasteiger partial charge in [0, 0.05) is 12.1 Å². The molecule has 100 valence electrons. The highest BCUT2D eigenvalue weighted by Gasteiger charge is 2.15. The van der Waals surface area contributed by atoms with E-state index < -0.39 is 0 Å². The number of benzene rings is 1. The lowest BCUT2D eigenvalue weighted by Gasteiger charge is -2.22. The van der Waals surface area contributed by atoms with Gasteiger partial charge in [-0.05, 0) is 37.5 Å². The van der Waals surface area contributed by atoms with Crippen LogP contribution in [-0.2, 0) is 0 Å². The molecule has 2 nitrogen and oxygen atoms in total. The summed E-state index contributed by atoms with van der Waals surface area (Å²) < 4.78 is 5.29. The van der Waals surface area contributed by atoms with Gasteiger partial charge in [-0.1, -0.05) is 37.8 Å². The predicted molar refractivity (Wildman–Crippen MR) is 76.0 cm³/mol. The monoisotopic (exact) mass is 247 g/mol. The first kappa shape index (κ1) is 13.4. The van der Waals surface area contributed by atoms with E-state index in [2.05, 4.69) is 30.4 Å². The quantitative estimate of drug-likeness (QED) is 0.810. The number of nitrogens with one attached hydrogen (secondary N) is 1. The van der Waals surface area contributed by atoms with Crippen LogP contribution in [0.1, 0.15) is 57.1 Å². The third-order valence-corrected chi connectivity index (χ3v) is 3.93. The fourth-order valence-corrected chi connectivity index (χ4v) is 2.81. The van der Waals surface area contributed by atoms with E-state index >= 15 is 0 Å². The molecule has 0 amide bonds. The third kappa shape index (κ3) is 3.74. The maximum atomic E-state index is 5.29. The van der Waals surface area contributed by atoms with E-state index in [4.69, 9.17) is 4.74 Å². The van der Waals surface area contributed by atoms with Crippen LogP contribution in [0.5, 0.6) is 5.75 Å². The van der Waals surface area contributed by atoms with Crippen molar-refractivity contribution < 1.29 is 4.74 Å². The maximum absolute atomic E-state index is 5.29. The molecule has 18 heavy (non-hydrogen) atoms. The van der Waals surface area contributed by atoms with Gasteiger partial charge in [-0.15, -0.1) is 0 Å². The smallest absolute Gasteiger partial charge is 0.119 e. The van der Waals surface area contributed by atoms with Gasteiger partial charge in [-0.25, -0.2) is 0 Å². The second-order valence-electron chi connectivity index (χ2n) is 5.35. The number of rotatable bonds is 4. The molecule has 1 fully saturated rings. The van der Waals surface area contributed by atoms with Crippen molar-refractivity contribution in [3.63, 3.8) is 0 Å².